The molecule has 0 unspecified atom stereocenters. The highest BCUT2D eigenvalue weighted by molar-refractivity contribution is 6.12. The van der Waals surface area contributed by atoms with Crippen molar-refractivity contribution in [2.24, 2.45) is 0 Å². The van der Waals surface area contributed by atoms with Crippen molar-refractivity contribution in [2.45, 2.75) is 32.3 Å². The van der Waals surface area contributed by atoms with Gasteiger partial charge in [-0.15, -0.1) is 0 Å². The van der Waals surface area contributed by atoms with E-state index < -0.39 is 0 Å². The van der Waals surface area contributed by atoms with Gasteiger partial charge in [0.05, 0.1) is 0 Å². The lowest BCUT2D eigenvalue weighted by molar-refractivity contribution is 0.310. The summed E-state index contributed by atoms with van der Waals surface area (Å²) in [6, 6.07) is 34.7. The average molecular weight is 566 g/mol. The number of aromatic nitrogens is 1. The smallest absolute Gasteiger partial charge is 0.128 e. The molecular formula is C39H39N3O. The van der Waals surface area contributed by atoms with Crippen LogP contribution in [0, 0.1) is 0 Å². The molecule has 0 atom stereocenters. The number of pyridine rings is 1. The Morgan fingerprint density at radius 1 is 0.698 bits per heavy atom. The topological polar surface area (TPSA) is 28.6 Å². The van der Waals surface area contributed by atoms with Crippen molar-refractivity contribution < 1.29 is 4.74 Å². The Labute approximate surface area is 254 Å². The van der Waals surface area contributed by atoms with Crippen LogP contribution < -0.4 is 9.64 Å². The first-order valence-electron chi connectivity index (χ1n) is 15.6. The number of rotatable bonds is 4. The van der Waals surface area contributed by atoms with E-state index in [1.165, 1.54) is 74.0 Å². The van der Waals surface area contributed by atoms with Gasteiger partial charge in [0.15, 0.2) is 0 Å². The Hall–Kier alpha value is -4.41. The number of piperazine rings is 1. The van der Waals surface area contributed by atoms with E-state index in [1.54, 1.807) is 0 Å². The van der Waals surface area contributed by atoms with Gasteiger partial charge >= 0.3 is 0 Å². The third kappa shape index (κ3) is 5.93. The molecule has 216 valence electrons. The first-order valence-corrected chi connectivity index (χ1v) is 15.6. The summed E-state index contributed by atoms with van der Waals surface area (Å²) in [5.74, 6) is 1.04. The van der Waals surface area contributed by atoms with Crippen LogP contribution in [-0.4, -0.2) is 43.1 Å². The molecule has 0 spiro atoms. The van der Waals surface area contributed by atoms with Crippen molar-refractivity contribution in [3.8, 4) is 5.75 Å². The molecule has 0 amide bonds. The van der Waals surface area contributed by atoms with E-state index in [1.807, 2.05) is 30.6 Å². The molecule has 0 bridgehead atoms. The quantitative estimate of drug-likeness (QED) is 0.201. The SMILES string of the molecule is CN1CCN(c2ccc3c(c2)cc(OCc2ccccc2)c2c4c(ccc23)CCCC4)CC1.c1ccc2cnccc2c1. The van der Waals surface area contributed by atoms with Crippen molar-refractivity contribution in [2.75, 3.05) is 38.1 Å². The molecule has 8 rings (SSSR count). The van der Waals surface area contributed by atoms with Crippen LogP contribution in [0.1, 0.15) is 29.5 Å². The fourth-order valence-electron chi connectivity index (χ4n) is 6.60. The molecule has 2 aliphatic rings. The molecule has 0 saturated carbocycles. The Morgan fingerprint density at radius 2 is 1.47 bits per heavy atom. The molecule has 6 aromatic rings. The Balaban J connectivity index is 0.000000253. The predicted molar refractivity (Wildman–Crippen MR) is 180 cm³/mol. The summed E-state index contributed by atoms with van der Waals surface area (Å²) in [4.78, 5) is 8.93. The molecule has 1 aliphatic heterocycles. The zero-order valence-electron chi connectivity index (χ0n) is 25.0. The molecule has 1 fully saturated rings. The standard InChI is InChI=1S/C30H32N2O.C9H7N/c1-31-15-17-32(18-16-31)25-12-14-26-24(19-25)20-29(33-21-22-7-3-2-4-8-22)30-27-10-6-5-9-23(27)11-13-28(26)30;1-2-4-9-7-10-6-5-8(9)3-1/h2-4,7-8,11-14,19-20H,5-6,9-10,15-18,21H2,1H3;1-7H. The predicted octanol–water partition coefficient (Wildman–Crippen LogP) is 8.44. The van der Waals surface area contributed by atoms with Gasteiger partial charge in [0.2, 0.25) is 0 Å². The number of fused-ring (bicyclic) bond motifs is 6. The summed E-state index contributed by atoms with van der Waals surface area (Å²) in [5, 5.41) is 7.73. The average Bonchev–Trinajstić information content (AvgIpc) is 3.08. The number of nitrogens with zero attached hydrogens (tertiary/aromatic N) is 3. The first-order chi connectivity index (χ1) is 21.2. The summed E-state index contributed by atoms with van der Waals surface area (Å²) in [5.41, 5.74) is 5.54. The number of anilines is 1. The third-order valence-electron chi connectivity index (χ3n) is 9.05. The monoisotopic (exact) mass is 565 g/mol. The number of likely N-dealkylation sites (N-methyl/N-ethyl adjacent to an activating group) is 1. The molecule has 4 heteroatoms. The van der Waals surface area contributed by atoms with Crippen molar-refractivity contribution in [1.82, 2.24) is 9.88 Å². The van der Waals surface area contributed by atoms with E-state index in [-0.39, 0.29) is 0 Å². The Morgan fingerprint density at radius 3 is 2.30 bits per heavy atom. The number of benzene rings is 5. The third-order valence-corrected chi connectivity index (χ3v) is 9.05. The van der Waals surface area contributed by atoms with Crippen LogP contribution in [0.2, 0.25) is 0 Å². The minimum absolute atomic E-state index is 0.600. The maximum atomic E-state index is 6.56. The van der Waals surface area contributed by atoms with Crippen molar-refractivity contribution >= 4 is 38.0 Å². The van der Waals surface area contributed by atoms with Gasteiger partial charge in [-0.25, -0.2) is 0 Å². The van der Waals surface area contributed by atoms with Crippen molar-refractivity contribution in [3.63, 3.8) is 0 Å². The Kier molecular flexibility index (Phi) is 7.94. The fourth-order valence-corrected chi connectivity index (χ4v) is 6.60. The zero-order chi connectivity index (χ0) is 29.0. The summed E-state index contributed by atoms with van der Waals surface area (Å²) >= 11 is 0. The van der Waals surface area contributed by atoms with E-state index >= 15 is 0 Å². The second-order valence-electron chi connectivity index (χ2n) is 11.9. The highest BCUT2D eigenvalue weighted by atomic mass is 16.5. The van der Waals surface area contributed by atoms with Crippen LogP contribution in [0.3, 0.4) is 0 Å². The molecule has 0 N–H and O–H groups in total. The van der Waals surface area contributed by atoms with Crippen LogP contribution in [0.5, 0.6) is 5.75 Å². The molecule has 2 heterocycles. The van der Waals surface area contributed by atoms with Gasteiger partial charge < -0.3 is 14.5 Å². The highest BCUT2D eigenvalue weighted by Crippen LogP contribution is 2.41. The van der Waals surface area contributed by atoms with Gasteiger partial charge in [0.1, 0.15) is 12.4 Å². The number of aryl methyl sites for hydroxylation is 2. The summed E-state index contributed by atoms with van der Waals surface area (Å²) in [6.45, 7) is 5.00. The zero-order valence-corrected chi connectivity index (χ0v) is 25.0. The first kappa shape index (κ1) is 27.4. The molecule has 5 aromatic carbocycles. The molecule has 1 saturated heterocycles. The number of hydrogen-bond acceptors (Lipinski definition) is 4. The van der Waals surface area contributed by atoms with E-state index in [2.05, 4.69) is 101 Å². The second-order valence-corrected chi connectivity index (χ2v) is 11.9. The number of hydrogen-bond donors (Lipinski definition) is 0. The molecule has 4 nitrogen and oxygen atoms in total. The van der Waals surface area contributed by atoms with Gasteiger partial charge in [-0.05, 0) is 101 Å². The minimum atomic E-state index is 0.600. The highest BCUT2D eigenvalue weighted by Gasteiger charge is 2.19. The van der Waals surface area contributed by atoms with E-state index in [0.29, 0.717) is 6.61 Å². The normalized spacial score (nSPS) is 15.2. The summed E-state index contributed by atoms with van der Waals surface area (Å²) < 4.78 is 6.56. The maximum absolute atomic E-state index is 6.56. The van der Waals surface area contributed by atoms with E-state index in [4.69, 9.17) is 4.74 Å². The maximum Gasteiger partial charge on any atom is 0.128 e. The molecule has 1 aromatic heterocycles. The van der Waals surface area contributed by atoms with Crippen LogP contribution in [0.4, 0.5) is 5.69 Å². The lowest BCUT2D eigenvalue weighted by atomic mass is 9.86. The van der Waals surface area contributed by atoms with Gasteiger partial charge in [-0.2, -0.15) is 0 Å². The van der Waals surface area contributed by atoms with Gasteiger partial charge in [-0.3, -0.25) is 4.98 Å². The fraction of sp³-hybridized carbons (Fsp3) is 0.256. The van der Waals surface area contributed by atoms with Gasteiger partial charge in [0.25, 0.3) is 0 Å². The summed E-state index contributed by atoms with van der Waals surface area (Å²) in [6.07, 6.45) is 8.58. The van der Waals surface area contributed by atoms with Gasteiger partial charge in [-0.1, -0.05) is 72.8 Å². The molecule has 43 heavy (non-hydrogen) atoms. The van der Waals surface area contributed by atoms with E-state index in [0.717, 1.165) is 38.3 Å². The largest absolute Gasteiger partial charge is 0.488 e. The molecule has 0 radical (unpaired) electrons. The minimum Gasteiger partial charge on any atom is -0.488 e. The van der Waals surface area contributed by atoms with Gasteiger partial charge in [0, 0.05) is 49.6 Å². The van der Waals surface area contributed by atoms with Crippen molar-refractivity contribution in [3.05, 3.63) is 126 Å². The van der Waals surface area contributed by atoms with E-state index in [9.17, 15) is 0 Å². The van der Waals surface area contributed by atoms with Crippen LogP contribution >= 0.6 is 0 Å². The summed E-state index contributed by atoms with van der Waals surface area (Å²) in [7, 11) is 2.21. The molecule has 1 aliphatic carbocycles. The lowest BCUT2D eigenvalue weighted by Gasteiger charge is -2.34. The molecular weight excluding hydrogens is 526 g/mol. The number of ether oxygens (including phenoxy) is 1. The van der Waals surface area contributed by atoms with Crippen LogP contribution in [-0.2, 0) is 19.4 Å². The lowest BCUT2D eigenvalue weighted by Crippen LogP contribution is -2.44. The van der Waals surface area contributed by atoms with Crippen LogP contribution in [0.25, 0.3) is 32.3 Å². The Bertz CT molecular complexity index is 1790. The second kappa shape index (κ2) is 12.4. The van der Waals surface area contributed by atoms with Crippen molar-refractivity contribution in [1.29, 1.82) is 0 Å². The van der Waals surface area contributed by atoms with Crippen LogP contribution in [0.15, 0.2) is 109 Å².